The molecule has 0 aromatic heterocycles. The van der Waals surface area contributed by atoms with Gasteiger partial charge in [-0.15, -0.1) is 0 Å². The molecular weight excluding hydrogens is 423 g/mol. The molecule has 32 heavy (non-hydrogen) atoms. The summed E-state index contributed by atoms with van der Waals surface area (Å²) in [6.45, 7) is 1.18. The largest absolute Gasteiger partial charge is 0.496 e. The predicted octanol–water partition coefficient (Wildman–Crippen LogP) is 3.60. The van der Waals surface area contributed by atoms with Crippen molar-refractivity contribution in [3.8, 4) is 11.8 Å². The summed E-state index contributed by atoms with van der Waals surface area (Å²) < 4.78 is 50.6. The van der Waals surface area contributed by atoms with Gasteiger partial charge in [-0.1, -0.05) is 18.2 Å². The molecule has 1 saturated heterocycles. The Labute approximate surface area is 184 Å². The fourth-order valence-corrected chi connectivity index (χ4v) is 3.99. The van der Waals surface area contributed by atoms with Crippen LogP contribution in [0.4, 0.5) is 18.9 Å². The molecule has 1 aliphatic heterocycles. The van der Waals surface area contributed by atoms with Gasteiger partial charge in [0.1, 0.15) is 5.75 Å². The first kappa shape index (κ1) is 23.4. The number of methoxy groups -OCH3 is 2. The van der Waals surface area contributed by atoms with E-state index in [1.54, 1.807) is 24.1 Å². The maximum atomic E-state index is 13.4. The lowest BCUT2D eigenvalue weighted by Crippen LogP contribution is -2.36. The van der Waals surface area contributed by atoms with Crippen molar-refractivity contribution in [2.45, 2.75) is 12.7 Å². The molecule has 1 fully saturated rings. The Morgan fingerprint density at radius 2 is 1.97 bits per heavy atom. The Morgan fingerprint density at radius 1 is 1.22 bits per heavy atom. The van der Waals surface area contributed by atoms with Crippen LogP contribution in [-0.2, 0) is 22.3 Å². The van der Waals surface area contributed by atoms with Crippen LogP contribution < -0.4 is 15.0 Å². The molecule has 1 N–H and O–H groups in total. The molecular formula is C23H24F3N3O3. The number of para-hydroxylation sites is 1. The first-order valence-electron chi connectivity index (χ1n) is 10.0. The Kier molecular flexibility index (Phi) is 7.26. The van der Waals surface area contributed by atoms with Crippen LogP contribution in [0, 0.1) is 23.2 Å². The van der Waals surface area contributed by atoms with Crippen LogP contribution in [-0.4, -0.2) is 39.8 Å². The number of halogens is 3. The number of hydrogen-bond acceptors (Lipinski definition) is 5. The van der Waals surface area contributed by atoms with Gasteiger partial charge in [-0.2, -0.15) is 18.4 Å². The molecule has 2 aromatic carbocycles. The monoisotopic (exact) mass is 447 g/mol. The quantitative estimate of drug-likeness (QED) is 0.702. The van der Waals surface area contributed by atoms with E-state index in [2.05, 4.69) is 5.32 Å². The van der Waals surface area contributed by atoms with Crippen molar-refractivity contribution in [3.63, 3.8) is 0 Å². The number of carbonyl (C=O) groups is 1. The number of nitrogens with one attached hydrogen (secondary N) is 1. The summed E-state index contributed by atoms with van der Waals surface area (Å²) in [5, 5.41) is 11.9. The van der Waals surface area contributed by atoms with E-state index < -0.39 is 23.2 Å². The number of anilines is 1. The lowest BCUT2D eigenvalue weighted by Gasteiger charge is -2.20. The van der Waals surface area contributed by atoms with Gasteiger partial charge >= 0.3 is 6.18 Å². The van der Waals surface area contributed by atoms with Gasteiger partial charge in [0.25, 0.3) is 0 Å². The molecule has 1 amide bonds. The summed E-state index contributed by atoms with van der Waals surface area (Å²) in [5.41, 5.74) is -0.272. The number of carbonyl (C=O) groups excluding carboxylic acids is 1. The Balaban J connectivity index is 1.77. The molecule has 1 aliphatic rings. The van der Waals surface area contributed by atoms with Crippen molar-refractivity contribution in [2.24, 2.45) is 11.8 Å². The minimum absolute atomic E-state index is 0.192. The number of benzene rings is 2. The maximum Gasteiger partial charge on any atom is 0.417 e. The third-order valence-corrected chi connectivity index (χ3v) is 5.60. The molecule has 0 spiro atoms. The second-order valence-corrected chi connectivity index (χ2v) is 7.60. The summed E-state index contributed by atoms with van der Waals surface area (Å²) in [6.07, 6.45) is -4.64. The minimum atomic E-state index is -4.64. The second kappa shape index (κ2) is 9.92. The number of nitriles is 1. The molecule has 0 unspecified atom stereocenters. The molecule has 0 saturated carbocycles. The van der Waals surface area contributed by atoms with E-state index in [1.165, 1.54) is 19.2 Å². The Bertz CT molecular complexity index is 1000. The SMILES string of the molecule is COC[C@H]1CN(c2ccc(C#N)c(C(F)(F)F)c2)C[C@@H]1C(=O)NCc1ccccc1OC. The van der Waals surface area contributed by atoms with E-state index in [4.69, 9.17) is 14.7 Å². The molecule has 0 radical (unpaired) electrons. The average molecular weight is 447 g/mol. The van der Waals surface area contributed by atoms with Gasteiger partial charge in [0.05, 0.1) is 36.8 Å². The maximum absolute atomic E-state index is 13.4. The van der Waals surface area contributed by atoms with Gasteiger partial charge < -0.3 is 19.7 Å². The average Bonchev–Trinajstić information content (AvgIpc) is 3.21. The van der Waals surface area contributed by atoms with Gasteiger partial charge in [-0.3, -0.25) is 4.79 Å². The van der Waals surface area contributed by atoms with Gasteiger partial charge in [-0.05, 0) is 24.3 Å². The van der Waals surface area contributed by atoms with E-state index in [1.807, 2.05) is 18.2 Å². The highest BCUT2D eigenvalue weighted by molar-refractivity contribution is 5.80. The Morgan fingerprint density at radius 3 is 2.62 bits per heavy atom. The van der Waals surface area contributed by atoms with Gasteiger partial charge in [0.15, 0.2) is 0 Å². The molecule has 9 heteroatoms. The lowest BCUT2D eigenvalue weighted by molar-refractivity contribution is -0.137. The Hall–Kier alpha value is -3.25. The zero-order chi connectivity index (χ0) is 23.3. The number of amides is 1. The standard InChI is InChI=1S/C23H24F3N3O3/c1-31-14-17-12-29(18-8-7-15(10-27)20(9-18)23(24,25)26)13-19(17)22(30)28-11-16-5-3-4-6-21(16)32-2/h3-9,17,19H,11-14H2,1-2H3,(H,28,30)/t17-,19+/m1/s1. The second-order valence-electron chi connectivity index (χ2n) is 7.60. The zero-order valence-electron chi connectivity index (χ0n) is 17.8. The number of nitrogens with zero attached hydrogens (tertiary/aromatic N) is 2. The molecule has 2 atom stereocenters. The van der Waals surface area contributed by atoms with E-state index in [9.17, 15) is 18.0 Å². The van der Waals surface area contributed by atoms with Crippen molar-refractivity contribution >= 4 is 11.6 Å². The molecule has 1 heterocycles. The molecule has 6 nitrogen and oxygen atoms in total. The topological polar surface area (TPSA) is 74.6 Å². The number of ether oxygens (including phenoxy) is 2. The smallest absolute Gasteiger partial charge is 0.417 e. The van der Waals surface area contributed by atoms with E-state index >= 15 is 0 Å². The summed E-state index contributed by atoms with van der Waals surface area (Å²) in [6, 6.07) is 12.5. The van der Waals surface area contributed by atoms with Gasteiger partial charge in [-0.25, -0.2) is 0 Å². The van der Waals surface area contributed by atoms with Crippen LogP contribution in [0.1, 0.15) is 16.7 Å². The first-order chi connectivity index (χ1) is 15.3. The minimum Gasteiger partial charge on any atom is -0.496 e. The zero-order valence-corrected chi connectivity index (χ0v) is 17.8. The van der Waals surface area contributed by atoms with Crippen LogP contribution in [0.25, 0.3) is 0 Å². The third kappa shape index (κ3) is 5.14. The van der Waals surface area contributed by atoms with Crippen LogP contribution >= 0.6 is 0 Å². The van der Waals surface area contributed by atoms with E-state index in [-0.39, 0.29) is 24.9 Å². The van der Waals surface area contributed by atoms with E-state index in [0.717, 1.165) is 11.6 Å². The molecule has 0 bridgehead atoms. The van der Waals surface area contributed by atoms with Crippen LogP contribution in [0.5, 0.6) is 5.75 Å². The molecule has 170 valence electrons. The van der Waals surface area contributed by atoms with Crippen LogP contribution in [0.2, 0.25) is 0 Å². The van der Waals surface area contributed by atoms with Gasteiger partial charge in [0, 0.05) is 43.9 Å². The van der Waals surface area contributed by atoms with Crippen molar-refractivity contribution in [2.75, 3.05) is 38.8 Å². The normalized spacial score (nSPS) is 18.3. The highest BCUT2D eigenvalue weighted by Crippen LogP contribution is 2.36. The fourth-order valence-electron chi connectivity index (χ4n) is 3.99. The van der Waals surface area contributed by atoms with Crippen LogP contribution in [0.15, 0.2) is 42.5 Å². The summed E-state index contributed by atoms with van der Waals surface area (Å²) >= 11 is 0. The lowest BCUT2D eigenvalue weighted by atomic mass is 9.96. The number of alkyl halides is 3. The number of rotatable bonds is 7. The highest BCUT2D eigenvalue weighted by atomic mass is 19.4. The summed E-state index contributed by atoms with van der Waals surface area (Å²) in [7, 11) is 3.08. The van der Waals surface area contributed by atoms with Crippen molar-refractivity contribution < 1.29 is 27.4 Å². The molecule has 2 aromatic rings. The van der Waals surface area contributed by atoms with Crippen molar-refractivity contribution in [1.29, 1.82) is 5.26 Å². The predicted molar refractivity (Wildman–Crippen MR) is 112 cm³/mol. The van der Waals surface area contributed by atoms with E-state index in [0.29, 0.717) is 24.6 Å². The first-order valence-corrected chi connectivity index (χ1v) is 10.0. The highest BCUT2D eigenvalue weighted by Gasteiger charge is 2.39. The van der Waals surface area contributed by atoms with Crippen LogP contribution in [0.3, 0.4) is 0 Å². The summed E-state index contributed by atoms with van der Waals surface area (Å²) in [5.74, 6) is -0.200. The van der Waals surface area contributed by atoms with Crippen molar-refractivity contribution in [1.82, 2.24) is 5.32 Å². The van der Waals surface area contributed by atoms with Crippen molar-refractivity contribution in [3.05, 3.63) is 59.2 Å². The number of hydrogen-bond donors (Lipinski definition) is 1. The molecule has 0 aliphatic carbocycles. The fraction of sp³-hybridized carbons (Fsp3) is 0.391. The third-order valence-electron chi connectivity index (χ3n) is 5.60. The van der Waals surface area contributed by atoms with Gasteiger partial charge in [0.2, 0.25) is 5.91 Å². The summed E-state index contributed by atoms with van der Waals surface area (Å²) in [4.78, 5) is 14.7. The molecule has 3 rings (SSSR count).